The maximum atomic E-state index is 6.42. The van der Waals surface area contributed by atoms with E-state index < -0.39 is 0 Å². The normalized spacial score (nSPS) is 10.9. The van der Waals surface area contributed by atoms with E-state index in [1.165, 1.54) is 12.1 Å². The fraction of sp³-hybridized carbons (Fsp3) is 0. The molecule has 0 aliphatic rings. The van der Waals surface area contributed by atoms with Gasteiger partial charge in [0.25, 0.3) is 0 Å². The van der Waals surface area contributed by atoms with E-state index in [4.69, 9.17) is 102 Å². The van der Waals surface area contributed by atoms with Crippen LogP contribution in [0.15, 0.2) is 30.3 Å². The second-order valence-corrected chi connectivity index (χ2v) is 8.27. The van der Waals surface area contributed by atoms with Crippen molar-refractivity contribution in [2.24, 2.45) is 0 Å². The molecule has 0 radical (unpaired) electrons. The average molecular weight is 533 g/mol. The van der Waals surface area contributed by atoms with E-state index in [9.17, 15) is 0 Å². The highest BCUT2D eigenvalue weighted by Gasteiger charge is 2.19. The van der Waals surface area contributed by atoms with Gasteiger partial charge in [-0.05, 0) is 12.1 Å². The van der Waals surface area contributed by atoms with E-state index in [0.29, 0.717) is 0 Å². The summed E-state index contributed by atoms with van der Waals surface area (Å²) in [6.45, 7) is 0. The smallest absolute Gasteiger partial charge is 0.149 e. The summed E-state index contributed by atoms with van der Waals surface area (Å²) in [5.41, 5.74) is 11.8. The Bertz CT molecular complexity index is 1040. The number of ether oxygens (including phenoxy) is 2. The van der Waals surface area contributed by atoms with Gasteiger partial charge in [-0.15, -0.1) is 0 Å². The number of benzene rings is 3. The van der Waals surface area contributed by atoms with Crippen LogP contribution in [0.3, 0.4) is 0 Å². The van der Waals surface area contributed by atoms with E-state index in [0.717, 1.165) is 0 Å². The van der Waals surface area contributed by atoms with E-state index >= 15 is 0 Å². The first kappa shape index (κ1) is 22.6. The van der Waals surface area contributed by atoms with Crippen molar-refractivity contribution >= 4 is 92.6 Å². The van der Waals surface area contributed by atoms with Gasteiger partial charge in [0.05, 0.1) is 31.5 Å². The van der Waals surface area contributed by atoms with Crippen molar-refractivity contribution in [1.29, 1.82) is 0 Å². The number of rotatable bonds is 4. The first-order valence-electron chi connectivity index (χ1n) is 7.62. The Morgan fingerprint density at radius 3 is 1.28 bits per heavy atom. The number of anilines is 2. The van der Waals surface area contributed by atoms with Crippen LogP contribution in [0.4, 0.5) is 11.4 Å². The van der Waals surface area contributed by atoms with Gasteiger partial charge >= 0.3 is 0 Å². The van der Waals surface area contributed by atoms with Crippen molar-refractivity contribution in [3.63, 3.8) is 0 Å². The molecular formula is C18H9Cl7N2O2. The highest BCUT2D eigenvalue weighted by Crippen LogP contribution is 2.47. The second kappa shape index (κ2) is 8.94. The van der Waals surface area contributed by atoms with Crippen LogP contribution in [0, 0.1) is 0 Å². The fourth-order valence-corrected chi connectivity index (χ4v) is 3.61. The molecule has 0 aliphatic carbocycles. The van der Waals surface area contributed by atoms with E-state index in [-0.39, 0.29) is 69.5 Å². The molecule has 0 saturated carbocycles. The van der Waals surface area contributed by atoms with Crippen LogP contribution >= 0.6 is 81.2 Å². The van der Waals surface area contributed by atoms with Gasteiger partial charge in [-0.25, -0.2) is 0 Å². The third-order valence-electron chi connectivity index (χ3n) is 3.68. The minimum Gasteiger partial charge on any atom is -0.454 e. The molecule has 11 heteroatoms. The lowest BCUT2D eigenvalue weighted by Crippen LogP contribution is -1.95. The van der Waals surface area contributed by atoms with Crippen molar-refractivity contribution in [3.8, 4) is 23.0 Å². The Morgan fingerprint density at radius 2 is 0.897 bits per heavy atom. The fourth-order valence-electron chi connectivity index (χ4n) is 2.23. The van der Waals surface area contributed by atoms with Crippen LogP contribution < -0.4 is 20.9 Å². The maximum absolute atomic E-state index is 6.42. The molecule has 4 nitrogen and oxygen atoms in total. The van der Waals surface area contributed by atoms with Crippen LogP contribution in [0.25, 0.3) is 0 Å². The number of nitrogen functional groups attached to an aromatic ring is 2. The molecule has 0 amide bonds. The SMILES string of the molecule is Nc1c(Cl)c(Cl)cc(Oc2cccc(Oc3cc(Cl)c(Cl)c(N)c3Cl)c2Cl)c1Cl. The zero-order valence-electron chi connectivity index (χ0n) is 14.0. The second-order valence-electron chi connectivity index (χ2n) is 5.57. The van der Waals surface area contributed by atoms with Gasteiger partial charge in [-0.3, -0.25) is 0 Å². The summed E-state index contributed by atoms with van der Waals surface area (Å²) in [5, 5.41) is 0.881. The van der Waals surface area contributed by atoms with Gasteiger partial charge in [0.1, 0.15) is 38.1 Å². The predicted octanol–water partition coefficient (Wildman–Crippen LogP) is 9.01. The minimum atomic E-state index is 0.0809. The highest BCUT2D eigenvalue weighted by molar-refractivity contribution is 6.47. The molecule has 3 aromatic carbocycles. The first-order chi connectivity index (χ1) is 13.6. The van der Waals surface area contributed by atoms with Gasteiger partial charge in [-0.1, -0.05) is 87.3 Å². The third kappa shape index (κ3) is 4.49. The van der Waals surface area contributed by atoms with Gasteiger partial charge in [0.2, 0.25) is 0 Å². The lowest BCUT2D eigenvalue weighted by atomic mass is 10.2. The molecule has 0 spiro atoms. The quantitative estimate of drug-likeness (QED) is 0.259. The zero-order valence-corrected chi connectivity index (χ0v) is 19.3. The Morgan fingerprint density at radius 1 is 0.517 bits per heavy atom. The molecule has 29 heavy (non-hydrogen) atoms. The highest BCUT2D eigenvalue weighted by atomic mass is 35.5. The third-order valence-corrected chi connectivity index (χ3v) is 6.44. The maximum Gasteiger partial charge on any atom is 0.149 e. The van der Waals surface area contributed by atoms with Crippen molar-refractivity contribution in [2.45, 2.75) is 0 Å². The molecule has 0 aromatic heterocycles. The summed E-state index contributed by atoms with van der Waals surface area (Å²) in [7, 11) is 0. The van der Waals surface area contributed by atoms with Crippen molar-refractivity contribution < 1.29 is 9.47 Å². The minimum absolute atomic E-state index is 0.0809. The molecule has 3 aromatic rings. The molecule has 0 heterocycles. The van der Waals surface area contributed by atoms with Crippen LogP contribution in [0.1, 0.15) is 0 Å². The number of hydrogen-bond donors (Lipinski definition) is 2. The predicted molar refractivity (Wildman–Crippen MR) is 123 cm³/mol. The lowest BCUT2D eigenvalue weighted by Gasteiger charge is -2.16. The van der Waals surface area contributed by atoms with Crippen LogP contribution in [0.2, 0.25) is 35.2 Å². The Labute approximate surface area is 201 Å². The molecular weight excluding hydrogens is 524 g/mol. The van der Waals surface area contributed by atoms with Gasteiger partial charge in [-0.2, -0.15) is 0 Å². The topological polar surface area (TPSA) is 70.5 Å². The van der Waals surface area contributed by atoms with E-state index in [1.807, 2.05) is 0 Å². The summed E-state index contributed by atoms with van der Waals surface area (Å²) >= 11 is 42.8. The number of hydrogen-bond acceptors (Lipinski definition) is 4. The van der Waals surface area contributed by atoms with Crippen LogP contribution in [0.5, 0.6) is 23.0 Å². The average Bonchev–Trinajstić information content (AvgIpc) is 2.69. The molecule has 0 fully saturated rings. The zero-order chi connectivity index (χ0) is 21.5. The Balaban J connectivity index is 1.98. The molecule has 0 unspecified atom stereocenters. The summed E-state index contributed by atoms with van der Waals surface area (Å²) in [5.74, 6) is 0.755. The summed E-state index contributed by atoms with van der Waals surface area (Å²) < 4.78 is 11.5. The van der Waals surface area contributed by atoms with Gasteiger partial charge in [0.15, 0.2) is 0 Å². The molecule has 0 saturated heterocycles. The largest absolute Gasteiger partial charge is 0.454 e. The van der Waals surface area contributed by atoms with Crippen LogP contribution in [-0.2, 0) is 0 Å². The van der Waals surface area contributed by atoms with Crippen LogP contribution in [-0.4, -0.2) is 0 Å². The van der Waals surface area contributed by atoms with Gasteiger partial charge in [0, 0.05) is 12.1 Å². The summed E-state index contributed by atoms with van der Waals surface area (Å²) in [4.78, 5) is 0. The standard InChI is InChI=1S/C18H9Cl7N2O2/c19-6-4-10(15(24)17(26)12(6)21)28-8-2-1-3-9(14(8)23)29-11-5-7(20)13(22)18(27)16(11)25/h1-5H,26-27H2. The molecule has 4 N–H and O–H groups in total. The molecule has 0 bridgehead atoms. The summed E-state index contributed by atoms with van der Waals surface area (Å²) in [6, 6.07) is 7.66. The Kier molecular flexibility index (Phi) is 6.96. The molecule has 0 aliphatic heterocycles. The number of halogens is 7. The number of nitrogens with two attached hydrogens (primary N) is 2. The van der Waals surface area contributed by atoms with Gasteiger partial charge < -0.3 is 20.9 Å². The monoisotopic (exact) mass is 530 g/mol. The van der Waals surface area contributed by atoms with Crippen molar-refractivity contribution in [2.75, 3.05) is 11.5 Å². The molecule has 0 atom stereocenters. The lowest BCUT2D eigenvalue weighted by molar-refractivity contribution is 0.461. The molecule has 152 valence electrons. The van der Waals surface area contributed by atoms with Crippen molar-refractivity contribution in [1.82, 2.24) is 0 Å². The Hall–Kier alpha value is -1.11. The van der Waals surface area contributed by atoms with Crippen molar-refractivity contribution in [3.05, 3.63) is 65.5 Å². The summed E-state index contributed by atoms with van der Waals surface area (Å²) in [6.07, 6.45) is 0. The molecule has 3 rings (SSSR count). The van der Waals surface area contributed by atoms with E-state index in [2.05, 4.69) is 0 Å². The first-order valence-corrected chi connectivity index (χ1v) is 10.3. The van der Waals surface area contributed by atoms with E-state index in [1.54, 1.807) is 18.2 Å².